The van der Waals surface area contributed by atoms with Crippen LogP contribution in [0.5, 0.6) is 0 Å². The van der Waals surface area contributed by atoms with E-state index in [-0.39, 0.29) is 5.41 Å². The van der Waals surface area contributed by atoms with E-state index < -0.39 is 0 Å². The topological polar surface area (TPSA) is 38.5 Å². The van der Waals surface area contributed by atoms with Crippen LogP contribution in [0.1, 0.15) is 52.4 Å². The van der Waals surface area contributed by atoms with Crippen molar-refractivity contribution in [1.29, 1.82) is 0 Å². The second-order valence-electron chi connectivity index (χ2n) is 7.67. The Labute approximate surface area is 118 Å². The SMILES string of the molecule is CN(CC1(CN)CCCOC1)C1CCC(C)(C)CC1. The minimum Gasteiger partial charge on any atom is -0.381 e. The van der Waals surface area contributed by atoms with Gasteiger partial charge >= 0.3 is 0 Å². The molecule has 2 rings (SSSR count). The number of nitrogens with two attached hydrogens (primary N) is 1. The molecule has 0 radical (unpaired) electrons. The third-order valence-corrected chi connectivity index (χ3v) is 5.35. The summed E-state index contributed by atoms with van der Waals surface area (Å²) in [4.78, 5) is 2.57. The third kappa shape index (κ3) is 3.93. The van der Waals surface area contributed by atoms with Crippen molar-refractivity contribution >= 4 is 0 Å². The molecule has 2 aliphatic rings. The fourth-order valence-corrected chi connectivity index (χ4v) is 3.74. The van der Waals surface area contributed by atoms with Crippen molar-refractivity contribution in [2.75, 3.05) is 33.4 Å². The Morgan fingerprint density at radius 3 is 2.42 bits per heavy atom. The van der Waals surface area contributed by atoms with Crippen LogP contribution in [0.15, 0.2) is 0 Å². The van der Waals surface area contributed by atoms with Crippen molar-refractivity contribution in [3.8, 4) is 0 Å². The molecule has 1 atom stereocenters. The highest BCUT2D eigenvalue weighted by molar-refractivity contribution is 4.89. The zero-order valence-corrected chi connectivity index (χ0v) is 13.1. The van der Waals surface area contributed by atoms with Crippen molar-refractivity contribution in [3.63, 3.8) is 0 Å². The van der Waals surface area contributed by atoms with Crippen LogP contribution in [-0.2, 0) is 4.74 Å². The molecule has 1 unspecified atom stereocenters. The van der Waals surface area contributed by atoms with Gasteiger partial charge in [0.05, 0.1) is 6.61 Å². The molecule has 0 aromatic carbocycles. The first kappa shape index (κ1) is 15.3. The Morgan fingerprint density at radius 1 is 1.21 bits per heavy atom. The molecular weight excluding hydrogens is 236 g/mol. The summed E-state index contributed by atoms with van der Waals surface area (Å²) in [7, 11) is 2.29. The van der Waals surface area contributed by atoms with Crippen molar-refractivity contribution in [1.82, 2.24) is 4.90 Å². The summed E-state index contributed by atoms with van der Waals surface area (Å²) >= 11 is 0. The Balaban J connectivity index is 1.87. The first-order valence-corrected chi connectivity index (χ1v) is 7.95. The smallest absolute Gasteiger partial charge is 0.0546 e. The quantitative estimate of drug-likeness (QED) is 0.852. The molecule has 0 amide bonds. The maximum Gasteiger partial charge on any atom is 0.0546 e. The molecule has 0 spiro atoms. The Morgan fingerprint density at radius 2 is 1.89 bits per heavy atom. The van der Waals surface area contributed by atoms with E-state index in [0.29, 0.717) is 5.41 Å². The van der Waals surface area contributed by atoms with Gasteiger partial charge in [0.1, 0.15) is 0 Å². The molecule has 2 N–H and O–H groups in total. The molecule has 112 valence electrons. The minimum absolute atomic E-state index is 0.208. The van der Waals surface area contributed by atoms with E-state index in [1.165, 1.54) is 38.5 Å². The lowest BCUT2D eigenvalue weighted by atomic mass is 9.74. The first-order valence-electron chi connectivity index (χ1n) is 7.95. The molecule has 2 fully saturated rings. The largest absolute Gasteiger partial charge is 0.381 e. The summed E-state index contributed by atoms with van der Waals surface area (Å²) in [6, 6.07) is 0.748. The Bertz CT molecular complexity index is 274. The number of rotatable bonds is 4. The monoisotopic (exact) mass is 268 g/mol. The van der Waals surface area contributed by atoms with E-state index in [9.17, 15) is 0 Å². The molecule has 19 heavy (non-hydrogen) atoms. The van der Waals surface area contributed by atoms with Crippen LogP contribution in [0.2, 0.25) is 0 Å². The lowest BCUT2D eigenvalue weighted by Gasteiger charge is -2.44. The van der Waals surface area contributed by atoms with Crippen LogP contribution in [-0.4, -0.2) is 44.3 Å². The van der Waals surface area contributed by atoms with E-state index in [4.69, 9.17) is 10.5 Å². The summed E-state index contributed by atoms with van der Waals surface area (Å²) in [6.45, 7) is 8.44. The maximum absolute atomic E-state index is 6.05. The number of nitrogens with zero attached hydrogens (tertiary/aromatic N) is 1. The molecule has 0 bridgehead atoms. The van der Waals surface area contributed by atoms with Crippen LogP contribution in [0.4, 0.5) is 0 Å². The van der Waals surface area contributed by atoms with Crippen molar-refractivity contribution in [2.45, 2.75) is 58.4 Å². The fraction of sp³-hybridized carbons (Fsp3) is 1.00. The average Bonchev–Trinajstić information content (AvgIpc) is 2.39. The van der Waals surface area contributed by atoms with Gasteiger partial charge in [0.15, 0.2) is 0 Å². The van der Waals surface area contributed by atoms with Gasteiger partial charge in [0.2, 0.25) is 0 Å². The zero-order chi connectivity index (χ0) is 13.9. The molecule has 0 aromatic heterocycles. The third-order valence-electron chi connectivity index (χ3n) is 5.35. The van der Waals surface area contributed by atoms with Crippen LogP contribution in [0.25, 0.3) is 0 Å². The molecule has 0 aromatic rings. The molecular formula is C16H32N2O. The van der Waals surface area contributed by atoms with Gasteiger partial charge in [-0.15, -0.1) is 0 Å². The predicted molar refractivity (Wildman–Crippen MR) is 80.2 cm³/mol. The van der Waals surface area contributed by atoms with Gasteiger partial charge in [0, 0.05) is 31.2 Å². The van der Waals surface area contributed by atoms with Gasteiger partial charge in [-0.2, -0.15) is 0 Å². The van der Waals surface area contributed by atoms with Gasteiger partial charge in [-0.05, 0) is 51.0 Å². The Hall–Kier alpha value is -0.120. The van der Waals surface area contributed by atoms with Crippen molar-refractivity contribution in [3.05, 3.63) is 0 Å². The van der Waals surface area contributed by atoms with E-state index >= 15 is 0 Å². The molecule has 3 heteroatoms. The van der Waals surface area contributed by atoms with Crippen LogP contribution >= 0.6 is 0 Å². The van der Waals surface area contributed by atoms with E-state index in [1.54, 1.807) is 0 Å². The minimum atomic E-state index is 0.208. The predicted octanol–water partition coefficient (Wildman–Crippen LogP) is 2.64. The van der Waals surface area contributed by atoms with E-state index in [0.717, 1.165) is 32.3 Å². The summed E-state index contributed by atoms with van der Waals surface area (Å²) in [6.07, 6.45) is 7.78. The van der Waals surface area contributed by atoms with Crippen molar-refractivity contribution in [2.24, 2.45) is 16.6 Å². The van der Waals surface area contributed by atoms with Crippen LogP contribution < -0.4 is 5.73 Å². The highest BCUT2D eigenvalue weighted by Crippen LogP contribution is 2.38. The average molecular weight is 268 g/mol. The van der Waals surface area contributed by atoms with Gasteiger partial charge in [-0.1, -0.05) is 13.8 Å². The van der Waals surface area contributed by atoms with E-state index in [2.05, 4.69) is 25.8 Å². The fourth-order valence-electron chi connectivity index (χ4n) is 3.74. The molecule has 1 heterocycles. The summed E-state index contributed by atoms with van der Waals surface area (Å²) in [5.41, 5.74) is 6.81. The highest BCUT2D eigenvalue weighted by atomic mass is 16.5. The standard InChI is InChI=1S/C16H32N2O/c1-15(2)8-5-14(6-9-15)18(3)12-16(11-17)7-4-10-19-13-16/h14H,4-13,17H2,1-3H3. The van der Waals surface area contributed by atoms with E-state index in [1.807, 2.05) is 0 Å². The lowest BCUT2D eigenvalue weighted by Crippen LogP contribution is -2.50. The molecule has 1 saturated heterocycles. The molecule has 3 nitrogen and oxygen atoms in total. The Kier molecular flexibility index (Phi) is 4.91. The molecule has 1 saturated carbocycles. The van der Waals surface area contributed by atoms with Gasteiger partial charge in [-0.3, -0.25) is 0 Å². The first-order chi connectivity index (χ1) is 8.96. The van der Waals surface area contributed by atoms with Gasteiger partial charge < -0.3 is 15.4 Å². The maximum atomic E-state index is 6.05. The summed E-state index contributed by atoms with van der Waals surface area (Å²) in [5.74, 6) is 0. The molecule has 1 aliphatic carbocycles. The number of hydrogen-bond donors (Lipinski definition) is 1. The van der Waals surface area contributed by atoms with Crippen LogP contribution in [0, 0.1) is 10.8 Å². The zero-order valence-electron chi connectivity index (χ0n) is 13.1. The summed E-state index contributed by atoms with van der Waals surface area (Å²) in [5, 5.41) is 0. The summed E-state index contributed by atoms with van der Waals surface area (Å²) < 4.78 is 5.69. The second kappa shape index (κ2) is 6.11. The van der Waals surface area contributed by atoms with Crippen molar-refractivity contribution < 1.29 is 4.74 Å². The number of ether oxygens (including phenoxy) is 1. The van der Waals surface area contributed by atoms with Crippen LogP contribution in [0.3, 0.4) is 0 Å². The van der Waals surface area contributed by atoms with Gasteiger partial charge in [-0.25, -0.2) is 0 Å². The molecule has 1 aliphatic heterocycles. The second-order valence-corrected chi connectivity index (χ2v) is 7.67. The van der Waals surface area contributed by atoms with Gasteiger partial charge in [0.25, 0.3) is 0 Å². The normalized spacial score (nSPS) is 32.7. The highest BCUT2D eigenvalue weighted by Gasteiger charge is 2.36. The number of hydrogen-bond acceptors (Lipinski definition) is 3. The lowest BCUT2D eigenvalue weighted by molar-refractivity contribution is -0.0286.